The minimum atomic E-state index is -1.12. The topological polar surface area (TPSA) is 97.5 Å². The molecule has 1 amide bonds. The van der Waals surface area contributed by atoms with Gasteiger partial charge in [-0.15, -0.1) is 5.10 Å². The van der Waals surface area contributed by atoms with Crippen molar-refractivity contribution in [2.75, 3.05) is 13.2 Å². The second kappa shape index (κ2) is 6.18. The number of nitrogens with zero attached hydrogens (tertiary/aromatic N) is 4. The van der Waals surface area contributed by atoms with Crippen LogP contribution < -0.4 is 0 Å². The zero-order chi connectivity index (χ0) is 14.5. The summed E-state index contributed by atoms with van der Waals surface area (Å²) in [6, 6.07) is -0.0596. The molecule has 8 heteroatoms. The molecule has 20 heavy (non-hydrogen) atoms. The number of carbonyl (C=O) groups excluding carboxylic acids is 1. The van der Waals surface area contributed by atoms with Crippen LogP contribution in [0.4, 0.5) is 4.79 Å². The van der Waals surface area contributed by atoms with E-state index >= 15 is 0 Å². The number of ether oxygens (including phenoxy) is 1. The fourth-order valence-corrected chi connectivity index (χ4v) is 2.18. The standard InChI is InChI=1S/C12H16N4O4/c1-2-6-20-12(19)16-5-3-4-9(16)7-15-8-10(11(17)18)13-14-15/h2,8-9H,1,3-7H2,(H,17,18)/t9-/m0/s1. The molecule has 2 rings (SSSR count). The molecule has 1 aromatic heterocycles. The SMILES string of the molecule is C=CCOC(=O)N1CCC[C@H]1Cn1cc(C(=O)O)nn1. The zero-order valence-electron chi connectivity index (χ0n) is 10.9. The van der Waals surface area contributed by atoms with E-state index in [1.54, 1.807) is 4.90 Å². The number of hydrogen-bond donors (Lipinski definition) is 1. The number of hydrogen-bond acceptors (Lipinski definition) is 5. The van der Waals surface area contributed by atoms with E-state index in [1.165, 1.54) is 17.0 Å². The Hall–Kier alpha value is -2.38. The van der Waals surface area contributed by atoms with E-state index in [4.69, 9.17) is 9.84 Å². The number of carboxylic acids is 1. The van der Waals surface area contributed by atoms with Gasteiger partial charge in [-0.1, -0.05) is 17.9 Å². The number of likely N-dealkylation sites (tertiary alicyclic amines) is 1. The van der Waals surface area contributed by atoms with Gasteiger partial charge in [0.25, 0.3) is 0 Å². The van der Waals surface area contributed by atoms with Crippen LogP contribution in [-0.4, -0.2) is 56.3 Å². The lowest BCUT2D eigenvalue weighted by molar-refractivity contribution is 0.0690. The van der Waals surface area contributed by atoms with Gasteiger partial charge < -0.3 is 14.7 Å². The largest absolute Gasteiger partial charge is 0.476 e. The summed E-state index contributed by atoms with van der Waals surface area (Å²) in [6.45, 7) is 4.70. The second-order valence-electron chi connectivity index (χ2n) is 4.49. The van der Waals surface area contributed by atoms with E-state index in [0.717, 1.165) is 12.8 Å². The minimum absolute atomic E-state index is 0.0596. The summed E-state index contributed by atoms with van der Waals surface area (Å²) in [5, 5.41) is 16.1. The quantitative estimate of drug-likeness (QED) is 0.800. The molecule has 1 aliphatic heterocycles. The van der Waals surface area contributed by atoms with Crippen molar-refractivity contribution >= 4 is 12.1 Å². The lowest BCUT2D eigenvalue weighted by Crippen LogP contribution is -2.38. The summed E-state index contributed by atoms with van der Waals surface area (Å²) >= 11 is 0. The molecular weight excluding hydrogens is 264 g/mol. The van der Waals surface area contributed by atoms with Crippen LogP contribution in [0.2, 0.25) is 0 Å². The normalized spacial score (nSPS) is 18.0. The van der Waals surface area contributed by atoms with Crippen molar-refractivity contribution in [2.24, 2.45) is 0 Å². The Labute approximate surface area is 115 Å². The molecule has 0 radical (unpaired) electrons. The Morgan fingerprint density at radius 1 is 1.60 bits per heavy atom. The molecule has 0 aliphatic carbocycles. The van der Waals surface area contributed by atoms with Crippen LogP contribution in [0.3, 0.4) is 0 Å². The van der Waals surface area contributed by atoms with Gasteiger partial charge in [0, 0.05) is 6.54 Å². The van der Waals surface area contributed by atoms with Gasteiger partial charge in [0.1, 0.15) is 6.61 Å². The summed E-state index contributed by atoms with van der Waals surface area (Å²) in [6.07, 6.45) is 4.19. The van der Waals surface area contributed by atoms with Crippen molar-refractivity contribution in [1.29, 1.82) is 0 Å². The summed E-state index contributed by atoms with van der Waals surface area (Å²) in [7, 11) is 0. The van der Waals surface area contributed by atoms with Crippen molar-refractivity contribution in [2.45, 2.75) is 25.4 Å². The molecule has 1 fully saturated rings. The van der Waals surface area contributed by atoms with Crippen LogP contribution in [0.5, 0.6) is 0 Å². The highest BCUT2D eigenvalue weighted by Gasteiger charge is 2.30. The van der Waals surface area contributed by atoms with Crippen molar-refractivity contribution in [3.05, 3.63) is 24.5 Å². The van der Waals surface area contributed by atoms with E-state index in [1.807, 2.05) is 0 Å². The van der Waals surface area contributed by atoms with Gasteiger partial charge in [-0.3, -0.25) is 0 Å². The Morgan fingerprint density at radius 3 is 3.05 bits per heavy atom. The van der Waals surface area contributed by atoms with Crippen LogP contribution in [0, 0.1) is 0 Å². The molecular formula is C12H16N4O4. The number of rotatable bonds is 5. The molecule has 0 saturated carbocycles. The first-order valence-electron chi connectivity index (χ1n) is 6.29. The highest BCUT2D eigenvalue weighted by atomic mass is 16.6. The molecule has 0 spiro atoms. The van der Waals surface area contributed by atoms with Gasteiger partial charge in [0.15, 0.2) is 5.69 Å². The van der Waals surface area contributed by atoms with Crippen LogP contribution >= 0.6 is 0 Å². The number of aromatic nitrogens is 3. The third kappa shape index (κ3) is 3.14. The summed E-state index contributed by atoms with van der Waals surface area (Å²) in [4.78, 5) is 24.2. The van der Waals surface area contributed by atoms with E-state index in [9.17, 15) is 9.59 Å². The van der Waals surface area contributed by atoms with E-state index in [-0.39, 0.29) is 24.4 Å². The smallest absolute Gasteiger partial charge is 0.410 e. The molecule has 1 aromatic rings. The lowest BCUT2D eigenvalue weighted by atomic mass is 10.2. The molecule has 0 unspecified atom stereocenters. The first-order chi connectivity index (χ1) is 9.61. The predicted molar refractivity (Wildman–Crippen MR) is 68.3 cm³/mol. The minimum Gasteiger partial charge on any atom is -0.476 e. The highest BCUT2D eigenvalue weighted by molar-refractivity contribution is 5.84. The molecule has 1 N–H and O–H groups in total. The molecule has 8 nitrogen and oxygen atoms in total. The predicted octanol–water partition coefficient (Wildman–Crippen LogP) is 0.763. The van der Waals surface area contributed by atoms with Crippen molar-refractivity contribution < 1.29 is 19.4 Å². The van der Waals surface area contributed by atoms with E-state index in [0.29, 0.717) is 13.1 Å². The third-order valence-electron chi connectivity index (χ3n) is 3.09. The summed E-state index contributed by atoms with van der Waals surface area (Å²) in [5.41, 5.74) is -0.108. The fraction of sp³-hybridized carbons (Fsp3) is 0.500. The average Bonchev–Trinajstić information content (AvgIpc) is 3.05. The molecule has 1 saturated heterocycles. The Kier molecular flexibility index (Phi) is 4.34. The summed E-state index contributed by atoms with van der Waals surface area (Å²) in [5.74, 6) is -1.12. The molecule has 0 aromatic carbocycles. The van der Waals surface area contributed by atoms with E-state index < -0.39 is 5.97 Å². The van der Waals surface area contributed by atoms with Gasteiger partial charge in [-0.2, -0.15) is 0 Å². The number of carboxylic acid groups (broad SMARTS) is 1. The summed E-state index contributed by atoms with van der Waals surface area (Å²) < 4.78 is 6.45. The Morgan fingerprint density at radius 2 is 2.40 bits per heavy atom. The van der Waals surface area contributed by atoms with Gasteiger partial charge in [0.05, 0.1) is 18.8 Å². The van der Waals surface area contributed by atoms with Crippen LogP contribution in [0.15, 0.2) is 18.9 Å². The average molecular weight is 280 g/mol. The fourth-order valence-electron chi connectivity index (χ4n) is 2.18. The van der Waals surface area contributed by atoms with Gasteiger partial charge >= 0.3 is 12.1 Å². The first kappa shape index (κ1) is 14.0. The molecule has 1 atom stereocenters. The zero-order valence-corrected chi connectivity index (χ0v) is 10.9. The van der Waals surface area contributed by atoms with Gasteiger partial charge in [-0.25, -0.2) is 14.3 Å². The molecule has 108 valence electrons. The van der Waals surface area contributed by atoms with Gasteiger partial charge in [0.2, 0.25) is 0 Å². The monoisotopic (exact) mass is 280 g/mol. The van der Waals surface area contributed by atoms with E-state index in [2.05, 4.69) is 16.9 Å². The molecule has 2 heterocycles. The maximum atomic E-state index is 11.8. The number of aromatic carboxylic acids is 1. The highest BCUT2D eigenvalue weighted by Crippen LogP contribution is 2.19. The Bertz CT molecular complexity index is 513. The first-order valence-corrected chi connectivity index (χ1v) is 6.29. The third-order valence-corrected chi connectivity index (χ3v) is 3.09. The number of amides is 1. The molecule has 1 aliphatic rings. The van der Waals surface area contributed by atoms with Crippen molar-refractivity contribution in [1.82, 2.24) is 19.9 Å². The van der Waals surface area contributed by atoms with Crippen LogP contribution in [0.1, 0.15) is 23.3 Å². The van der Waals surface area contributed by atoms with Crippen LogP contribution in [0.25, 0.3) is 0 Å². The van der Waals surface area contributed by atoms with Crippen molar-refractivity contribution in [3.8, 4) is 0 Å². The van der Waals surface area contributed by atoms with Crippen LogP contribution in [-0.2, 0) is 11.3 Å². The van der Waals surface area contributed by atoms with Crippen molar-refractivity contribution in [3.63, 3.8) is 0 Å². The molecule has 0 bridgehead atoms. The maximum absolute atomic E-state index is 11.8. The van der Waals surface area contributed by atoms with Gasteiger partial charge in [-0.05, 0) is 12.8 Å². The maximum Gasteiger partial charge on any atom is 0.410 e. The lowest BCUT2D eigenvalue weighted by Gasteiger charge is -2.23. The Balaban J connectivity index is 1.98. The number of carbonyl (C=O) groups is 2. The second-order valence-corrected chi connectivity index (χ2v) is 4.49.